The van der Waals surface area contributed by atoms with E-state index in [0.29, 0.717) is 11.3 Å². The topological polar surface area (TPSA) is 66.5 Å². The third kappa shape index (κ3) is 4.64. The van der Waals surface area contributed by atoms with Crippen LogP contribution < -0.4 is 9.62 Å². The molecule has 0 aliphatic heterocycles. The normalized spacial score (nSPS) is 11.2. The molecule has 0 bridgehead atoms. The molecule has 3 aromatic carbocycles. The van der Waals surface area contributed by atoms with Crippen LogP contribution >= 0.6 is 0 Å². The average Bonchev–Trinajstić information content (AvgIpc) is 2.79. The number of sulfonamides is 1. The van der Waals surface area contributed by atoms with Crippen LogP contribution in [0.5, 0.6) is 0 Å². The Labute approximate surface area is 184 Å². The molecule has 0 aliphatic carbocycles. The van der Waals surface area contributed by atoms with Crippen molar-refractivity contribution in [3.8, 4) is 0 Å². The first-order chi connectivity index (χ1) is 14.8. The molecular formula is C25H28N2O3S. The Balaban J connectivity index is 1.96. The van der Waals surface area contributed by atoms with E-state index in [1.165, 1.54) is 11.4 Å². The predicted molar refractivity (Wildman–Crippen MR) is 126 cm³/mol. The molecule has 1 amide bonds. The van der Waals surface area contributed by atoms with Gasteiger partial charge in [0.25, 0.3) is 15.9 Å². The Morgan fingerprint density at radius 1 is 0.903 bits per heavy atom. The lowest BCUT2D eigenvalue weighted by Crippen LogP contribution is -2.27. The largest absolute Gasteiger partial charge is 0.321 e. The summed E-state index contributed by atoms with van der Waals surface area (Å²) in [5.74, 6) is -0.262. The van der Waals surface area contributed by atoms with Gasteiger partial charge >= 0.3 is 0 Å². The number of carbonyl (C=O) groups is 1. The highest BCUT2D eigenvalue weighted by Gasteiger charge is 2.23. The molecule has 162 valence electrons. The number of rotatable bonds is 7. The van der Waals surface area contributed by atoms with Gasteiger partial charge in [0.15, 0.2) is 0 Å². The van der Waals surface area contributed by atoms with Gasteiger partial charge in [0, 0.05) is 18.3 Å². The molecule has 0 saturated heterocycles. The molecule has 0 aromatic heterocycles. The van der Waals surface area contributed by atoms with E-state index in [-0.39, 0.29) is 10.8 Å². The zero-order chi connectivity index (χ0) is 22.6. The molecule has 0 spiro atoms. The van der Waals surface area contributed by atoms with E-state index < -0.39 is 10.0 Å². The summed E-state index contributed by atoms with van der Waals surface area (Å²) in [6.07, 6.45) is 1.61. The monoisotopic (exact) mass is 436 g/mol. The van der Waals surface area contributed by atoms with Gasteiger partial charge < -0.3 is 5.32 Å². The lowest BCUT2D eigenvalue weighted by Gasteiger charge is -2.22. The molecule has 3 aromatic rings. The molecule has 3 rings (SSSR count). The van der Waals surface area contributed by atoms with Crippen LogP contribution in [0.4, 0.5) is 11.4 Å². The Morgan fingerprint density at radius 2 is 1.52 bits per heavy atom. The van der Waals surface area contributed by atoms with Crippen LogP contribution in [0.2, 0.25) is 0 Å². The van der Waals surface area contributed by atoms with E-state index in [1.807, 2.05) is 25.1 Å². The minimum atomic E-state index is -3.74. The molecule has 5 nitrogen and oxygen atoms in total. The van der Waals surface area contributed by atoms with E-state index in [2.05, 4.69) is 19.2 Å². The number of benzene rings is 3. The SMILES string of the molecule is CCc1cccc(CC)c1NC(=O)c1ccc(C)c(N(C)S(=O)(=O)c2ccccc2)c1. The lowest BCUT2D eigenvalue weighted by molar-refractivity contribution is 0.102. The quantitative estimate of drug-likeness (QED) is 0.554. The number of para-hydroxylation sites is 1. The zero-order valence-corrected chi connectivity index (χ0v) is 19.2. The van der Waals surface area contributed by atoms with Crippen molar-refractivity contribution in [2.24, 2.45) is 0 Å². The molecule has 31 heavy (non-hydrogen) atoms. The molecule has 0 unspecified atom stereocenters. The highest BCUT2D eigenvalue weighted by atomic mass is 32.2. The van der Waals surface area contributed by atoms with Crippen LogP contribution in [0, 0.1) is 6.92 Å². The van der Waals surface area contributed by atoms with Gasteiger partial charge in [-0.2, -0.15) is 0 Å². The van der Waals surface area contributed by atoms with E-state index in [9.17, 15) is 13.2 Å². The third-order valence-electron chi connectivity index (χ3n) is 5.45. The minimum Gasteiger partial charge on any atom is -0.321 e. The number of amides is 1. The zero-order valence-electron chi connectivity index (χ0n) is 18.3. The Morgan fingerprint density at radius 3 is 2.10 bits per heavy atom. The summed E-state index contributed by atoms with van der Waals surface area (Å²) in [5, 5.41) is 3.05. The number of hydrogen-bond donors (Lipinski definition) is 1. The van der Waals surface area contributed by atoms with Crippen molar-refractivity contribution in [2.45, 2.75) is 38.5 Å². The minimum absolute atomic E-state index is 0.205. The van der Waals surface area contributed by atoms with Gasteiger partial charge in [-0.3, -0.25) is 9.10 Å². The summed E-state index contributed by atoms with van der Waals surface area (Å²) in [6.45, 7) is 5.94. The third-order valence-corrected chi connectivity index (χ3v) is 7.24. The highest BCUT2D eigenvalue weighted by molar-refractivity contribution is 7.92. The second-order valence-electron chi connectivity index (χ2n) is 7.40. The molecule has 0 fully saturated rings. The Bertz CT molecular complexity index is 1170. The van der Waals surface area contributed by atoms with Gasteiger partial charge in [0.2, 0.25) is 0 Å². The number of carbonyl (C=O) groups excluding carboxylic acids is 1. The lowest BCUT2D eigenvalue weighted by atomic mass is 10.0. The van der Waals surface area contributed by atoms with Crippen LogP contribution in [0.1, 0.15) is 40.9 Å². The van der Waals surface area contributed by atoms with Crippen LogP contribution in [0.25, 0.3) is 0 Å². The number of anilines is 2. The van der Waals surface area contributed by atoms with E-state index in [1.54, 1.807) is 48.5 Å². The molecular weight excluding hydrogens is 408 g/mol. The van der Waals surface area contributed by atoms with E-state index in [4.69, 9.17) is 0 Å². The summed E-state index contributed by atoms with van der Waals surface area (Å²) in [5.41, 5.74) is 4.62. The van der Waals surface area contributed by atoms with Gasteiger partial charge in [0.1, 0.15) is 0 Å². The fourth-order valence-corrected chi connectivity index (χ4v) is 4.83. The summed E-state index contributed by atoms with van der Waals surface area (Å²) in [7, 11) is -2.23. The van der Waals surface area contributed by atoms with Crippen LogP contribution in [-0.4, -0.2) is 21.4 Å². The second kappa shape index (κ2) is 9.35. The van der Waals surface area contributed by atoms with Crippen LogP contribution in [0.15, 0.2) is 71.6 Å². The fraction of sp³-hybridized carbons (Fsp3) is 0.240. The van der Waals surface area contributed by atoms with Crippen molar-refractivity contribution in [1.29, 1.82) is 0 Å². The van der Waals surface area contributed by atoms with Gasteiger partial charge in [-0.05, 0) is 60.7 Å². The summed E-state index contributed by atoms with van der Waals surface area (Å²) >= 11 is 0. The Kier molecular flexibility index (Phi) is 6.81. The number of nitrogens with one attached hydrogen (secondary N) is 1. The van der Waals surface area contributed by atoms with Crippen molar-refractivity contribution in [3.05, 3.63) is 89.0 Å². The first-order valence-electron chi connectivity index (χ1n) is 10.4. The van der Waals surface area contributed by atoms with Crippen LogP contribution in [-0.2, 0) is 22.9 Å². The van der Waals surface area contributed by atoms with Crippen molar-refractivity contribution >= 4 is 27.3 Å². The fourth-order valence-electron chi connectivity index (χ4n) is 3.56. The molecule has 0 radical (unpaired) electrons. The number of nitrogens with zero attached hydrogens (tertiary/aromatic N) is 1. The molecule has 0 saturated carbocycles. The smallest absolute Gasteiger partial charge is 0.264 e. The summed E-state index contributed by atoms with van der Waals surface area (Å²) in [4.78, 5) is 13.3. The molecule has 0 aliphatic rings. The van der Waals surface area contributed by atoms with Crippen molar-refractivity contribution < 1.29 is 13.2 Å². The van der Waals surface area contributed by atoms with Crippen LogP contribution in [0.3, 0.4) is 0 Å². The number of aryl methyl sites for hydroxylation is 3. The van der Waals surface area contributed by atoms with Crippen molar-refractivity contribution in [3.63, 3.8) is 0 Å². The summed E-state index contributed by atoms with van der Waals surface area (Å²) in [6, 6.07) is 19.4. The standard InChI is InChI=1S/C25H28N2O3S/c1-5-19-11-10-12-20(6-2)24(19)26-25(28)21-16-15-18(3)23(17-21)27(4)31(29,30)22-13-8-7-9-14-22/h7-17H,5-6H2,1-4H3,(H,26,28). The number of hydrogen-bond acceptors (Lipinski definition) is 3. The van der Waals surface area contributed by atoms with E-state index in [0.717, 1.165) is 35.2 Å². The van der Waals surface area contributed by atoms with Crippen molar-refractivity contribution in [1.82, 2.24) is 0 Å². The molecule has 6 heteroatoms. The van der Waals surface area contributed by atoms with Gasteiger partial charge in [-0.1, -0.05) is 56.3 Å². The maximum Gasteiger partial charge on any atom is 0.264 e. The predicted octanol–water partition coefficient (Wildman–Crippen LogP) is 5.20. The maximum absolute atomic E-state index is 13.1. The Hall–Kier alpha value is -3.12. The first kappa shape index (κ1) is 22.6. The van der Waals surface area contributed by atoms with Crippen molar-refractivity contribution in [2.75, 3.05) is 16.7 Å². The van der Waals surface area contributed by atoms with Gasteiger partial charge in [-0.15, -0.1) is 0 Å². The molecule has 1 N–H and O–H groups in total. The average molecular weight is 437 g/mol. The van der Waals surface area contributed by atoms with Gasteiger partial charge in [-0.25, -0.2) is 8.42 Å². The molecule has 0 atom stereocenters. The second-order valence-corrected chi connectivity index (χ2v) is 9.37. The molecule has 0 heterocycles. The van der Waals surface area contributed by atoms with E-state index >= 15 is 0 Å². The highest BCUT2D eigenvalue weighted by Crippen LogP contribution is 2.28. The first-order valence-corrected chi connectivity index (χ1v) is 11.8. The maximum atomic E-state index is 13.1. The van der Waals surface area contributed by atoms with Gasteiger partial charge in [0.05, 0.1) is 10.6 Å². The summed E-state index contributed by atoms with van der Waals surface area (Å²) < 4.78 is 27.3.